The molecule has 17 heavy (non-hydrogen) atoms. The van der Waals surface area contributed by atoms with E-state index < -0.39 is 0 Å². The molecule has 1 rings (SSSR count). The van der Waals surface area contributed by atoms with E-state index in [1.165, 1.54) is 0 Å². The molecule has 0 aromatic heterocycles. The zero-order chi connectivity index (χ0) is 12.7. The molecule has 0 aliphatic carbocycles. The number of halogens is 1. The molecule has 0 saturated carbocycles. The Balaban J connectivity index is 2.36. The molecule has 4 nitrogen and oxygen atoms in total. The lowest BCUT2D eigenvalue weighted by Crippen LogP contribution is -2.39. The van der Waals surface area contributed by atoms with Gasteiger partial charge in [-0.05, 0) is 35.0 Å². The first-order chi connectivity index (χ1) is 8.13. The number of rotatable bonds is 6. The second kappa shape index (κ2) is 7.29. The lowest BCUT2D eigenvalue weighted by molar-refractivity contribution is -0.120. The maximum Gasteiger partial charge on any atom is 0.239 e. The van der Waals surface area contributed by atoms with Gasteiger partial charge in [0.1, 0.15) is 0 Å². The number of benzene rings is 1. The molecular formula is C12H17BrN2O2. The third kappa shape index (κ3) is 5.19. The molecule has 0 aliphatic heterocycles. The van der Waals surface area contributed by atoms with Crippen LogP contribution in [0.1, 0.15) is 6.92 Å². The largest absolute Gasteiger partial charge is 0.383 e. The summed E-state index contributed by atoms with van der Waals surface area (Å²) in [5, 5.41) is 5.89. The molecule has 5 heteroatoms. The van der Waals surface area contributed by atoms with Crippen LogP contribution in [0.15, 0.2) is 28.7 Å². The SMILES string of the molecule is COCC(C)NC(=O)CNc1ccccc1Br. The summed E-state index contributed by atoms with van der Waals surface area (Å²) < 4.78 is 5.89. The smallest absolute Gasteiger partial charge is 0.239 e. The van der Waals surface area contributed by atoms with E-state index in [1.54, 1.807) is 7.11 Å². The van der Waals surface area contributed by atoms with Crippen LogP contribution in [0.4, 0.5) is 5.69 Å². The molecule has 0 aliphatic rings. The minimum atomic E-state index is -0.0506. The van der Waals surface area contributed by atoms with E-state index in [4.69, 9.17) is 4.74 Å². The van der Waals surface area contributed by atoms with Gasteiger partial charge in [-0.2, -0.15) is 0 Å². The van der Waals surface area contributed by atoms with Crippen molar-refractivity contribution in [3.63, 3.8) is 0 Å². The summed E-state index contributed by atoms with van der Waals surface area (Å²) in [6.45, 7) is 2.66. The van der Waals surface area contributed by atoms with Gasteiger partial charge in [0, 0.05) is 23.3 Å². The number of hydrogen-bond donors (Lipinski definition) is 2. The fraction of sp³-hybridized carbons (Fsp3) is 0.417. The van der Waals surface area contributed by atoms with Gasteiger partial charge in [-0.3, -0.25) is 4.79 Å². The van der Waals surface area contributed by atoms with E-state index in [-0.39, 0.29) is 18.5 Å². The summed E-state index contributed by atoms with van der Waals surface area (Å²) in [5.74, 6) is -0.0506. The maximum atomic E-state index is 11.6. The van der Waals surface area contributed by atoms with Crippen molar-refractivity contribution >= 4 is 27.5 Å². The molecule has 0 spiro atoms. The predicted octanol–water partition coefficient (Wildman–Crippen LogP) is 2.01. The zero-order valence-electron chi connectivity index (χ0n) is 10.00. The number of amides is 1. The number of para-hydroxylation sites is 1. The summed E-state index contributed by atoms with van der Waals surface area (Å²) in [5.41, 5.74) is 0.905. The third-order valence-electron chi connectivity index (χ3n) is 2.14. The summed E-state index contributed by atoms with van der Waals surface area (Å²) in [4.78, 5) is 11.6. The number of hydrogen-bond acceptors (Lipinski definition) is 3. The first-order valence-electron chi connectivity index (χ1n) is 5.40. The number of nitrogens with one attached hydrogen (secondary N) is 2. The molecule has 94 valence electrons. The number of ether oxygens (including phenoxy) is 1. The zero-order valence-corrected chi connectivity index (χ0v) is 11.6. The van der Waals surface area contributed by atoms with Crippen LogP contribution in [0.3, 0.4) is 0 Å². The average Bonchev–Trinajstić information content (AvgIpc) is 2.28. The third-order valence-corrected chi connectivity index (χ3v) is 2.83. The molecule has 2 N–H and O–H groups in total. The van der Waals surface area contributed by atoms with Crippen molar-refractivity contribution in [2.45, 2.75) is 13.0 Å². The van der Waals surface area contributed by atoms with Crippen LogP contribution in [-0.4, -0.2) is 32.2 Å². The van der Waals surface area contributed by atoms with Gasteiger partial charge >= 0.3 is 0 Å². The van der Waals surface area contributed by atoms with Crippen LogP contribution in [-0.2, 0) is 9.53 Å². The van der Waals surface area contributed by atoms with Crippen LogP contribution in [0.25, 0.3) is 0 Å². The van der Waals surface area contributed by atoms with E-state index in [0.717, 1.165) is 10.2 Å². The van der Waals surface area contributed by atoms with Gasteiger partial charge in [-0.25, -0.2) is 0 Å². The summed E-state index contributed by atoms with van der Waals surface area (Å²) in [6.07, 6.45) is 0. The second-order valence-electron chi connectivity index (χ2n) is 3.76. The Labute approximate surface area is 110 Å². The Kier molecular flexibility index (Phi) is 6.00. The van der Waals surface area contributed by atoms with E-state index in [2.05, 4.69) is 26.6 Å². The Morgan fingerprint density at radius 2 is 2.18 bits per heavy atom. The molecule has 0 saturated heterocycles. The molecule has 0 heterocycles. The van der Waals surface area contributed by atoms with Gasteiger partial charge in [0.25, 0.3) is 0 Å². The van der Waals surface area contributed by atoms with Crippen molar-refractivity contribution < 1.29 is 9.53 Å². The molecule has 1 atom stereocenters. The Morgan fingerprint density at radius 1 is 1.47 bits per heavy atom. The van der Waals surface area contributed by atoms with Crippen molar-refractivity contribution in [3.8, 4) is 0 Å². The number of anilines is 1. The predicted molar refractivity (Wildman–Crippen MR) is 72.1 cm³/mol. The number of carbonyl (C=O) groups is 1. The van der Waals surface area contributed by atoms with Crippen LogP contribution in [0.2, 0.25) is 0 Å². The van der Waals surface area contributed by atoms with Crippen LogP contribution < -0.4 is 10.6 Å². The fourth-order valence-electron chi connectivity index (χ4n) is 1.40. The van der Waals surface area contributed by atoms with Gasteiger partial charge in [0.2, 0.25) is 5.91 Å². The molecular weight excluding hydrogens is 284 g/mol. The van der Waals surface area contributed by atoms with Gasteiger partial charge in [0.05, 0.1) is 13.2 Å². The van der Waals surface area contributed by atoms with Gasteiger partial charge in [0.15, 0.2) is 0 Å². The van der Waals surface area contributed by atoms with Crippen molar-refractivity contribution in [1.29, 1.82) is 0 Å². The molecule has 1 aromatic rings. The van der Waals surface area contributed by atoms with Crippen molar-refractivity contribution in [2.24, 2.45) is 0 Å². The highest BCUT2D eigenvalue weighted by Gasteiger charge is 2.07. The normalized spacial score (nSPS) is 11.9. The highest BCUT2D eigenvalue weighted by molar-refractivity contribution is 9.10. The van der Waals surface area contributed by atoms with Crippen LogP contribution in [0.5, 0.6) is 0 Å². The number of methoxy groups -OCH3 is 1. The molecule has 1 aromatic carbocycles. The highest BCUT2D eigenvalue weighted by Crippen LogP contribution is 2.20. The lowest BCUT2D eigenvalue weighted by atomic mass is 10.3. The Hall–Kier alpha value is -1.07. The van der Waals surface area contributed by atoms with E-state index in [9.17, 15) is 4.79 Å². The fourth-order valence-corrected chi connectivity index (χ4v) is 1.82. The summed E-state index contributed by atoms with van der Waals surface area (Å²) in [7, 11) is 1.61. The van der Waals surface area contributed by atoms with Crippen molar-refractivity contribution in [1.82, 2.24) is 5.32 Å². The highest BCUT2D eigenvalue weighted by atomic mass is 79.9. The van der Waals surface area contributed by atoms with Gasteiger partial charge in [-0.1, -0.05) is 12.1 Å². The molecule has 0 radical (unpaired) electrons. The average molecular weight is 301 g/mol. The summed E-state index contributed by atoms with van der Waals surface area (Å²) >= 11 is 3.41. The van der Waals surface area contributed by atoms with Gasteiger partial charge < -0.3 is 15.4 Å². The monoisotopic (exact) mass is 300 g/mol. The minimum absolute atomic E-state index is 0.0218. The standard InChI is InChI=1S/C12H17BrN2O2/c1-9(8-17-2)15-12(16)7-14-11-6-4-3-5-10(11)13/h3-6,9,14H,7-8H2,1-2H3,(H,15,16). The van der Waals surface area contributed by atoms with Crippen molar-refractivity contribution in [3.05, 3.63) is 28.7 Å². The quantitative estimate of drug-likeness (QED) is 0.845. The molecule has 0 fully saturated rings. The van der Waals surface area contributed by atoms with E-state index >= 15 is 0 Å². The molecule has 1 unspecified atom stereocenters. The van der Waals surface area contributed by atoms with Crippen LogP contribution >= 0.6 is 15.9 Å². The maximum absolute atomic E-state index is 11.6. The number of carbonyl (C=O) groups excluding carboxylic acids is 1. The van der Waals surface area contributed by atoms with Gasteiger partial charge in [-0.15, -0.1) is 0 Å². The van der Waals surface area contributed by atoms with Crippen LogP contribution in [0, 0.1) is 0 Å². The second-order valence-corrected chi connectivity index (χ2v) is 4.61. The minimum Gasteiger partial charge on any atom is -0.383 e. The molecule has 0 bridgehead atoms. The van der Waals surface area contributed by atoms with Crippen molar-refractivity contribution in [2.75, 3.05) is 25.6 Å². The Morgan fingerprint density at radius 3 is 2.82 bits per heavy atom. The van der Waals surface area contributed by atoms with E-state index in [1.807, 2.05) is 31.2 Å². The first kappa shape index (κ1) is 14.0. The topological polar surface area (TPSA) is 50.4 Å². The lowest BCUT2D eigenvalue weighted by Gasteiger charge is -2.13. The summed E-state index contributed by atoms with van der Waals surface area (Å²) in [6, 6.07) is 7.70. The van der Waals surface area contributed by atoms with E-state index in [0.29, 0.717) is 6.61 Å². The Bertz CT molecular complexity index is 371. The molecule has 1 amide bonds. The first-order valence-corrected chi connectivity index (χ1v) is 6.19.